The van der Waals surface area contributed by atoms with Crippen LogP contribution in [0.4, 0.5) is 11.4 Å². The number of thiocarbonyl (C=S) groups is 1. The zero-order valence-corrected chi connectivity index (χ0v) is 18.3. The van der Waals surface area contributed by atoms with E-state index in [-0.39, 0.29) is 12.1 Å². The minimum atomic E-state index is -0.0524. The van der Waals surface area contributed by atoms with E-state index in [1.807, 2.05) is 38.5 Å². The zero-order chi connectivity index (χ0) is 21.1. The smallest absolute Gasteiger partial charge is 0.174 e. The number of pyridine rings is 1. The summed E-state index contributed by atoms with van der Waals surface area (Å²) in [6, 6.07) is 18.6. The molecule has 6 nitrogen and oxygen atoms in total. The van der Waals surface area contributed by atoms with Crippen LogP contribution >= 0.6 is 12.2 Å². The van der Waals surface area contributed by atoms with E-state index in [0.29, 0.717) is 11.7 Å². The molecule has 0 spiro atoms. The van der Waals surface area contributed by atoms with E-state index < -0.39 is 0 Å². The third kappa shape index (κ3) is 3.91. The van der Waals surface area contributed by atoms with Gasteiger partial charge in [0.05, 0.1) is 18.3 Å². The molecule has 1 fully saturated rings. The summed E-state index contributed by atoms with van der Waals surface area (Å²) in [5, 5.41) is 4.22. The van der Waals surface area contributed by atoms with Crippen LogP contribution in [-0.4, -0.2) is 42.5 Å². The minimum absolute atomic E-state index is 0.0236. The van der Waals surface area contributed by atoms with Crippen molar-refractivity contribution in [2.45, 2.75) is 18.6 Å². The number of nitrogens with zero attached hydrogens (tertiary/aromatic N) is 4. The van der Waals surface area contributed by atoms with Gasteiger partial charge in [0.15, 0.2) is 5.11 Å². The van der Waals surface area contributed by atoms with Crippen molar-refractivity contribution in [3.8, 4) is 0 Å². The van der Waals surface area contributed by atoms with Crippen LogP contribution in [0.2, 0.25) is 0 Å². The molecule has 1 saturated heterocycles. The van der Waals surface area contributed by atoms with Crippen LogP contribution in [0.5, 0.6) is 0 Å². The molecule has 156 valence electrons. The van der Waals surface area contributed by atoms with Gasteiger partial charge in [0.25, 0.3) is 0 Å². The normalized spacial score (nSPS) is 18.5. The number of aromatic nitrogens is 2. The van der Waals surface area contributed by atoms with Crippen molar-refractivity contribution in [1.29, 1.82) is 0 Å². The highest BCUT2D eigenvalue weighted by Crippen LogP contribution is 2.41. The van der Waals surface area contributed by atoms with Gasteiger partial charge in [0, 0.05) is 57.2 Å². The molecule has 1 aliphatic rings. The average molecular weight is 422 g/mol. The predicted molar refractivity (Wildman–Crippen MR) is 125 cm³/mol. The molecule has 1 aliphatic heterocycles. The lowest BCUT2D eigenvalue weighted by Gasteiger charge is -2.29. The monoisotopic (exact) mass is 421 g/mol. The first-order valence-electron chi connectivity index (χ1n) is 10.0. The van der Waals surface area contributed by atoms with Crippen LogP contribution in [-0.2, 0) is 11.3 Å². The number of benzene rings is 1. The lowest BCUT2D eigenvalue weighted by molar-refractivity contribution is 0.186. The zero-order valence-electron chi connectivity index (χ0n) is 17.5. The van der Waals surface area contributed by atoms with Gasteiger partial charge in [-0.25, -0.2) is 0 Å². The van der Waals surface area contributed by atoms with Gasteiger partial charge < -0.3 is 24.4 Å². The first kappa shape index (κ1) is 20.4. The number of hydrogen-bond donors (Lipinski definition) is 1. The molecular weight excluding hydrogens is 394 g/mol. The van der Waals surface area contributed by atoms with Crippen LogP contribution in [0.25, 0.3) is 0 Å². The maximum Gasteiger partial charge on any atom is 0.174 e. The highest BCUT2D eigenvalue weighted by atomic mass is 32.1. The molecule has 1 N–H and O–H groups in total. The van der Waals surface area contributed by atoms with Crippen LogP contribution in [0.3, 0.4) is 0 Å². The fourth-order valence-electron chi connectivity index (χ4n) is 3.93. The molecule has 7 heteroatoms. The van der Waals surface area contributed by atoms with Crippen molar-refractivity contribution < 1.29 is 4.74 Å². The van der Waals surface area contributed by atoms with Crippen LogP contribution in [0.1, 0.15) is 23.5 Å². The van der Waals surface area contributed by atoms with E-state index >= 15 is 0 Å². The fraction of sp³-hybridized carbons (Fsp3) is 0.304. The van der Waals surface area contributed by atoms with Crippen molar-refractivity contribution in [2.24, 2.45) is 0 Å². The third-order valence-corrected chi connectivity index (χ3v) is 5.76. The molecule has 2 atom stereocenters. The van der Waals surface area contributed by atoms with Crippen molar-refractivity contribution in [2.75, 3.05) is 37.6 Å². The molecular formula is C23H27N5OS. The SMILES string of the molecule is COCCn1cccc1[C@@H]1[C@H](c2ccccn2)NC(=S)N1c1ccc(N(C)C)cc1. The van der Waals surface area contributed by atoms with E-state index in [0.717, 1.165) is 23.6 Å². The summed E-state index contributed by atoms with van der Waals surface area (Å²) in [5.41, 5.74) is 4.35. The Kier molecular flexibility index (Phi) is 6.01. The Morgan fingerprint density at radius 2 is 1.90 bits per heavy atom. The number of hydrogen-bond acceptors (Lipinski definition) is 4. The van der Waals surface area contributed by atoms with E-state index in [1.165, 1.54) is 5.69 Å². The van der Waals surface area contributed by atoms with Crippen LogP contribution in [0.15, 0.2) is 67.0 Å². The summed E-state index contributed by atoms with van der Waals surface area (Å²) < 4.78 is 7.56. The number of methoxy groups -OCH3 is 1. The third-order valence-electron chi connectivity index (χ3n) is 5.45. The molecule has 0 unspecified atom stereocenters. The van der Waals surface area contributed by atoms with Gasteiger partial charge in [-0.3, -0.25) is 4.98 Å². The summed E-state index contributed by atoms with van der Waals surface area (Å²) in [6.45, 7) is 1.43. The molecule has 0 bridgehead atoms. The standard InChI is InChI=1S/C23H27N5OS/c1-26(2)17-9-11-18(12-10-17)28-22(20-8-6-14-27(20)15-16-29-3)21(25-23(28)30)19-7-4-5-13-24-19/h4-14,21-22H,15-16H2,1-3H3,(H,25,30)/t21-,22+/m0/s1. The second kappa shape index (κ2) is 8.85. The van der Waals surface area contributed by atoms with Crippen molar-refractivity contribution in [3.63, 3.8) is 0 Å². The highest BCUT2D eigenvalue weighted by Gasteiger charge is 2.41. The van der Waals surface area contributed by atoms with Gasteiger partial charge in [0.1, 0.15) is 6.04 Å². The second-order valence-corrected chi connectivity index (χ2v) is 7.91. The lowest BCUT2D eigenvalue weighted by Crippen LogP contribution is -2.30. The number of nitrogens with one attached hydrogen (secondary N) is 1. The molecule has 4 rings (SSSR count). The van der Waals surface area contributed by atoms with E-state index in [1.54, 1.807) is 7.11 Å². The van der Waals surface area contributed by atoms with Gasteiger partial charge in [-0.1, -0.05) is 6.07 Å². The maximum absolute atomic E-state index is 5.81. The van der Waals surface area contributed by atoms with Crippen LogP contribution < -0.4 is 15.1 Å². The molecule has 3 heterocycles. The summed E-state index contributed by atoms with van der Waals surface area (Å²) >= 11 is 5.81. The van der Waals surface area contributed by atoms with E-state index in [2.05, 4.69) is 67.3 Å². The van der Waals surface area contributed by atoms with Crippen molar-refractivity contribution >= 4 is 28.7 Å². The quantitative estimate of drug-likeness (QED) is 0.586. The number of anilines is 2. The van der Waals surface area contributed by atoms with Gasteiger partial charge in [0.2, 0.25) is 0 Å². The Bertz CT molecular complexity index is 986. The summed E-state index contributed by atoms with van der Waals surface area (Å²) in [4.78, 5) is 8.92. The van der Waals surface area contributed by atoms with E-state index in [9.17, 15) is 0 Å². The Labute approximate surface area is 183 Å². The first-order chi connectivity index (χ1) is 14.6. The lowest BCUT2D eigenvalue weighted by atomic mass is 10.0. The van der Waals surface area contributed by atoms with Gasteiger partial charge in [-0.2, -0.15) is 0 Å². The predicted octanol–water partition coefficient (Wildman–Crippen LogP) is 3.77. The molecule has 2 aromatic heterocycles. The number of ether oxygens (including phenoxy) is 1. The topological polar surface area (TPSA) is 45.6 Å². The Balaban J connectivity index is 1.78. The molecule has 30 heavy (non-hydrogen) atoms. The highest BCUT2D eigenvalue weighted by molar-refractivity contribution is 7.80. The van der Waals surface area contributed by atoms with Gasteiger partial charge in [-0.05, 0) is 60.7 Å². The molecule has 0 amide bonds. The summed E-state index contributed by atoms with van der Waals surface area (Å²) in [5.74, 6) is 0. The Morgan fingerprint density at radius 3 is 2.57 bits per heavy atom. The molecule has 0 aliphatic carbocycles. The summed E-state index contributed by atoms with van der Waals surface area (Å²) in [7, 11) is 5.81. The van der Waals surface area contributed by atoms with Crippen molar-refractivity contribution in [1.82, 2.24) is 14.9 Å². The fourth-order valence-corrected chi connectivity index (χ4v) is 4.28. The molecule has 0 radical (unpaired) electrons. The Hall–Kier alpha value is -2.90. The average Bonchev–Trinajstić information content (AvgIpc) is 3.36. The number of rotatable bonds is 7. The largest absolute Gasteiger partial charge is 0.383 e. The van der Waals surface area contributed by atoms with E-state index in [4.69, 9.17) is 17.0 Å². The van der Waals surface area contributed by atoms with Crippen LogP contribution in [0, 0.1) is 0 Å². The van der Waals surface area contributed by atoms with Gasteiger partial charge in [-0.15, -0.1) is 0 Å². The molecule has 0 saturated carbocycles. The Morgan fingerprint density at radius 1 is 1.10 bits per heavy atom. The maximum atomic E-state index is 5.81. The van der Waals surface area contributed by atoms with Crippen molar-refractivity contribution in [3.05, 3.63) is 78.4 Å². The first-order valence-corrected chi connectivity index (χ1v) is 10.4. The van der Waals surface area contributed by atoms with Gasteiger partial charge >= 0.3 is 0 Å². The minimum Gasteiger partial charge on any atom is -0.383 e. The summed E-state index contributed by atoms with van der Waals surface area (Å²) in [6.07, 6.45) is 3.92. The molecule has 3 aromatic rings. The molecule has 1 aromatic carbocycles. The second-order valence-electron chi connectivity index (χ2n) is 7.53.